The van der Waals surface area contributed by atoms with Gasteiger partial charge in [-0.15, -0.1) is 0 Å². The number of rotatable bonds is 4. The summed E-state index contributed by atoms with van der Waals surface area (Å²) in [6.45, 7) is 0.360. The minimum absolute atomic E-state index is 0.0779. The SMILES string of the molecule is COc1ccc(-c2nn([C@@H]3CC(=O)[C@H]4OC[C@@H]3O4)c(=S)n2-c2ccccc2)cc1. The summed E-state index contributed by atoms with van der Waals surface area (Å²) in [4.78, 5) is 12.3. The van der Waals surface area contributed by atoms with Gasteiger partial charge in [0.05, 0.1) is 19.8 Å². The number of nitrogens with zero attached hydrogens (tertiary/aromatic N) is 3. The normalized spacial score (nSPS) is 23.3. The molecule has 2 fully saturated rings. The summed E-state index contributed by atoms with van der Waals surface area (Å²) in [5, 5.41) is 4.83. The Morgan fingerprint density at radius 3 is 2.62 bits per heavy atom. The van der Waals surface area contributed by atoms with Gasteiger partial charge in [-0.3, -0.25) is 9.36 Å². The molecule has 2 aliphatic rings. The van der Waals surface area contributed by atoms with E-state index in [0.29, 0.717) is 17.2 Å². The first-order chi connectivity index (χ1) is 14.2. The summed E-state index contributed by atoms with van der Waals surface area (Å²) in [6.07, 6.45) is -0.702. The molecule has 0 aliphatic carbocycles. The van der Waals surface area contributed by atoms with E-state index >= 15 is 0 Å². The standard InChI is InChI=1S/C21H19N3O4S/c1-26-15-9-7-13(8-10-15)19-22-24(16-11-17(25)20-27-12-18(16)28-20)21(29)23(19)14-5-3-2-4-6-14/h2-10,16,18,20H,11-12H2,1H3/t16-,18+,20+/m1/s1. The maximum Gasteiger partial charge on any atom is 0.218 e. The number of benzene rings is 2. The molecule has 3 atom stereocenters. The number of aromatic nitrogens is 3. The highest BCUT2D eigenvalue weighted by molar-refractivity contribution is 7.71. The van der Waals surface area contributed by atoms with Gasteiger partial charge in [-0.05, 0) is 48.6 Å². The molecule has 2 aromatic carbocycles. The van der Waals surface area contributed by atoms with Crippen molar-refractivity contribution >= 4 is 18.0 Å². The maximum absolute atomic E-state index is 12.3. The Labute approximate surface area is 172 Å². The highest BCUT2D eigenvalue weighted by Gasteiger charge is 2.45. The zero-order valence-corrected chi connectivity index (χ0v) is 16.5. The number of hydrogen-bond acceptors (Lipinski definition) is 6. The average molecular weight is 409 g/mol. The fourth-order valence-electron chi connectivity index (χ4n) is 3.80. The molecule has 0 spiro atoms. The van der Waals surface area contributed by atoms with Crippen LogP contribution >= 0.6 is 12.2 Å². The minimum atomic E-state index is -0.748. The molecule has 0 N–H and O–H groups in total. The number of para-hydroxylation sites is 1. The largest absolute Gasteiger partial charge is 0.497 e. The first-order valence-electron chi connectivity index (χ1n) is 9.37. The number of ketones is 1. The lowest BCUT2D eigenvalue weighted by molar-refractivity contribution is -0.156. The van der Waals surface area contributed by atoms with Crippen molar-refractivity contribution in [3.63, 3.8) is 0 Å². The van der Waals surface area contributed by atoms with Crippen LogP contribution in [0.4, 0.5) is 0 Å². The fraction of sp³-hybridized carbons (Fsp3) is 0.286. The first-order valence-corrected chi connectivity index (χ1v) is 9.77. The van der Waals surface area contributed by atoms with E-state index in [-0.39, 0.29) is 24.3 Å². The van der Waals surface area contributed by atoms with E-state index in [1.54, 1.807) is 11.8 Å². The molecular formula is C21H19N3O4S. The van der Waals surface area contributed by atoms with Crippen LogP contribution in [0.2, 0.25) is 0 Å². The highest BCUT2D eigenvalue weighted by atomic mass is 32.1. The summed E-state index contributed by atoms with van der Waals surface area (Å²) in [7, 11) is 1.63. The van der Waals surface area contributed by atoms with Gasteiger partial charge in [-0.25, -0.2) is 4.68 Å². The van der Waals surface area contributed by atoms with Crippen LogP contribution in [0.5, 0.6) is 5.75 Å². The summed E-state index contributed by atoms with van der Waals surface area (Å²) >= 11 is 5.81. The second kappa shape index (κ2) is 7.22. The van der Waals surface area contributed by atoms with Gasteiger partial charge in [-0.1, -0.05) is 18.2 Å². The average Bonchev–Trinajstić information content (AvgIpc) is 3.34. The van der Waals surface area contributed by atoms with E-state index < -0.39 is 6.29 Å². The zero-order valence-electron chi connectivity index (χ0n) is 15.7. The van der Waals surface area contributed by atoms with Crippen molar-refractivity contribution in [1.29, 1.82) is 0 Å². The Morgan fingerprint density at radius 1 is 1.14 bits per heavy atom. The van der Waals surface area contributed by atoms with Crippen molar-refractivity contribution < 1.29 is 19.0 Å². The quantitative estimate of drug-likeness (QED) is 0.616. The van der Waals surface area contributed by atoms with Crippen LogP contribution in [0.3, 0.4) is 0 Å². The molecule has 5 rings (SSSR count). The molecule has 29 heavy (non-hydrogen) atoms. The predicted octanol–water partition coefficient (Wildman–Crippen LogP) is 3.33. The van der Waals surface area contributed by atoms with Crippen molar-refractivity contribution in [2.24, 2.45) is 0 Å². The first kappa shape index (κ1) is 18.2. The third-order valence-corrected chi connectivity index (χ3v) is 5.66. The van der Waals surface area contributed by atoms with Crippen molar-refractivity contribution in [2.45, 2.75) is 24.9 Å². The van der Waals surface area contributed by atoms with Crippen LogP contribution in [-0.4, -0.2) is 46.2 Å². The molecule has 1 aromatic heterocycles. The molecule has 2 bridgehead atoms. The van der Waals surface area contributed by atoms with Gasteiger partial charge in [0.25, 0.3) is 0 Å². The molecule has 0 radical (unpaired) electrons. The van der Waals surface area contributed by atoms with Crippen molar-refractivity contribution in [3.05, 3.63) is 59.4 Å². The number of hydrogen-bond donors (Lipinski definition) is 0. The number of fused-ring (bicyclic) bond motifs is 2. The smallest absolute Gasteiger partial charge is 0.218 e. The van der Waals surface area contributed by atoms with Crippen molar-refractivity contribution in [3.8, 4) is 22.8 Å². The van der Waals surface area contributed by atoms with Crippen LogP contribution in [0, 0.1) is 4.77 Å². The lowest BCUT2D eigenvalue weighted by Crippen LogP contribution is -2.37. The van der Waals surface area contributed by atoms with Gasteiger partial charge in [0.15, 0.2) is 11.6 Å². The molecule has 3 heterocycles. The second-order valence-electron chi connectivity index (χ2n) is 7.03. The lowest BCUT2D eigenvalue weighted by Gasteiger charge is -2.26. The van der Waals surface area contributed by atoms with Crippen LogP contribution < -0.4 is 4.74 Å². The van der Waals surface area contributed by atoms with E-state index in [1.807, 2.05) is 59.2 Å². The Hall–Kier alpha value is -2.81. The maximum atomic E-state index is 12.3. The van der Waals surface area contributed by atoms with Gasteiger partial charge < -0.3 is 14.2 Å². The van der Waals surface area contributed by atoms with Crippen LogP contribution in [0.1, 0.15) is 12.5 Å². The third kappa shape index (κ3) is 3.09. The number of carbonyl (C=O) groups excluding carboxylic acids is 1. The number of carbonyl (C=O) groups is 1. The zero-order chi connectivity index (χ0) is 20.0. The van der Waals surface area contributed by atoms with Crippen molar-refractivity contribution in [1.82, 2.24) is 14.3 Å². The third-order valence-electron chi connectivity index (χ3n) is 5.29. The molecule has 2 saturated heterocycles. The van der Waals surface area contributed by atoms with E-state index in [4.69, 9.17) is 31.5 Å². The summed E-state index contributed by atoms with van der Waals surface area (Å²) in [5.41, 5.74) is 1.79. The second-order valence-corrected chi connectivity index (χ2v) is 7.39. The molecular weight excluding hydrogens is 390 g/mol. The molecule has 0 unspecified atom stereocenters. The Balaban J connectivity index is 1.66. The number of Topliss-reactive ketones (excluding diaryl/α,β-unsaturated/α-hetero) is 1. The van der Waals surface area contributed by atoms with Crippen LogP contribution in [0.25, 0.3) is 17.1 Å². The topological polar surface area (TPSA) is 67.5 Å². The molecule has 7 nitrogen and oxygen atoms in total. The van der Waals surface area contributed by atoms with Crippen molar-refractivity contribution in [2.75, 3.05) is 13.7 Å². The van der Waals surface area contributed by atoms with Crippen LogP contribution in [0.15, 0.2) is 54.6 Å². The Morgan fingerprint density at radius 2 is 1.90 bits per heavy atom. The molecule has 2 aliphatic heterocycles. The molecule has 8 heteroatoms. The van der Waals surface area contributed by atoms with Gasteiger partial charge in [-0.2, -0.15) is 5.10 Å². The van der Waals surface area contributed by atoms with Gasteiger partial charge in [0, 0.05) is 17.7 Å². The summed E-state index contributed by atoms with van der Waals surface area (Å²) in [6, 6.07) is 17.2. The molecule has 0 amide bonds. The van der Waals surface area contributed by atoms with Gasteiger partial charge in [0.2, 0.25) is 11.1 Å². The highest BCUT2D eigenvalue weighted by Crippen LogP contribution is 2.34. The number of ether oxygens (including phenoxy) is 3. The van der Waals surface area contributed by atoms with Crippen LogP contribution in [-0.2, 0) is 14.3 Å². The monoisotopic (exact) mass is 409 g/mol. The molecule has 148 valence electrons. The predicted molar refractivity (Wildman–Crippen MR) is 108 cm³/mol. The molecule has 0 saturated carbocycles. The Kier molecular flexibility index (Phi) is 4.54. The van der Waals surface area contributed by atoms with E-state index in [1.165, 1.54) is 0 Å². The fourth-order valence-corrected chi connectivity index (χ4v) is 4.17. The van der Waals surface area contributed by atoms with E-state index in [0.717, 1.165) is 17.0 Å². The Bertz CT molecular complexity index is 1110. The minimum Gasteiger partial charge on any atom is -0.497 e. The number of methoxy groups -OCH3 is 1. The van der Waals surface area contributed by atoms with E-state index in [2.05, 4.69) is 0 Å². The summed E-state index contributed by atoms with van der Waals surface area (Å²) < 4.78 is 20.6. The van der Waals surface area contributed by atoms with E-state index in [9.17, 15) is 4.79 Å². The molecule has 3 aromatic rings. The lowest BCUT2D eigenvalue weighted by atomic mass is 10.0. The van der Waals surface area contributed by atoms with Gasteiger partial charge >= 0.3 is 0 Å². The van der Waals surface area contributed by atoms with Gasteiger partial charge in [0.1, 0.15) is 11.9 Å². The summed E-state index contributed by atoms with van der Waals surface area (Å²) in [5.74, 6) is 1.38.